The lowest BCUT2D eigenvalue weighted by Crippen LogP contribution is -2.71. The highest BCUT2D eigenvalue weighted by molar-refractivity contribution is 8.07. The third kappa shape index (κ3) is 7.32. The van der Waals surface area contributed by atoms with Gasteiger partial charge in [0, 0.05) is 37.5 Å². The molecule has 0 aromatic rings. The fraction of sp³-hybridized carbons (Fsp3) is 0.846. The highest BCUT2D eigenvalue weighted by atomic mass is 32.2. The molecule has 14 heteroatoms. The summed E-state index contributed by atoms with van der Waals surface area (Å²) in [5.41, 5.74) is 22.2. The van der Waals surface area contributed by atoms with Crippen molar-refractivity contribution >= 4 is 47.0 Å². The molecule has 1 amide bonds. The van der Waals surface area contributed by atoms with E-state index in [-0.39, 0.29) is 16.4 Å². The second-order valence-corrected chi connectivity index (χ2v) is 15.3. The average Bonchev–Trinajstić information content (AvgIpc) is 3.57. The van der Waals surface area contributed by atoms with Crippen LogP contribution in [-0.2, 0) is 14.3 Å². The molecular formula is C26H47N8O3S3+. The lowest BCUT2D eigenvalue weighted by Gasteiger charge is -2.36. The van der Waals surface area contributed by atoms with Crippen molar-refractivity contribution in [3.8, 4) is 0 Å². The first-order valence-corrected chi connectivity index (χ1v) is 17.6. The molecule has 7 unspecified atom stereocenters. The summed E-state index contributed by atoms with van der Waals surface area (Å²) in [5, 5.41) is 12.3. The van der Waals surface area contributed by atoms with Gasteiger partial charge in [-0.25, -0.2) is 0 Å². The molecule has 0 bridgehead atoms. The molecule has 0 aromatic carbocycles. The molecule has 12 N–H and O–H groups in total. The molecule has 1 aliphatic carbocycles. The first kappa shape index (κ1) is 30.9. The van der Waals surface area contributed by atoms with Gasteiger partial charge in [-0.3, -0.25) is 25.5 Å². The van der Waals surface area contributed by atoms with Gasteiger partial charge < -0.3 is 32.6 Å². The number of nitrogens with two attached hydrogens (primary N) is 3. The highest BCUT2D eigenvalue weighted by Gasteiger charge is 2.49. The fourth-order valence-corrected chi connectivity index (χ4v) is 11.8. The van der Waals surface area contributed by atoms with Crippen LogP contribution in [-0.4, -0.2) is 101 Å². The van der Waals surface area contributed by atoms with Crippen molar-refractivity contribution in [3.05, 3.63) is 11.1 Å². The number of primary amides is 1. The van der Waals surface area contributed by atoms with E-state index in [1.165, 1.54) is 12.8 Å². The number of morpholine rings is 1. The van der Waals surface area contributed by atoms with Crippen LogP contribution in [0.1, 0.15) is 32.1 Å². The molecule has 40 heavy (non-hydrogen) atoms. The molecule has 5 aliphatic rings. The van der Waals surface area contributed by atoms with Crippen molar-refractivity contribution in [2.45, 2.75) is 72.4 Å². The van der Waals surface area contributed by atoms with Gasteiger partial charge in [0.05, 0.1) is 59.2 Å². The Morgan fingerprint density at radius 3 is 2.67 bits per heavy atom. The second-order valence-electron chi connectivity index (χ2n) is 11.7. The van der Waals surface area contributed by atoms with Crippen LogP contribution in [0, 0.1) is 17.8 Å². The summed E-state index contributed by atoms with van der Waals surface area (Å²) < 4.78 is 5.52. The van der Waals surface area contributed by atoms with Gasteiger partial charge in [0.2, 0.25) is 5.91 Å². The average molecular weight is 616 g/mol. The van der Waals surface area contributed by atoms with Gasteiger partial charge in [0.15, 0.2) is 5.78 Å². The number of ether oxygens (including phenoxy) is 1. The van der Waals surface area contributed by atoms with Crippen LogP contribution in [0.4, 0.5) is 0 Å². The zero-order chi connectivity index (χ0) is 28.2. The van der Waals surface area contributed by atoms with Gasteiger partial charge in [-0.15, -0.1) is 35.3 Å². The maximum absolute atomic E-state index is 13.1. The van der Waals surface area contributed by atoms with E-state index in [4.69, 9.17) is 21.9 Å². The Kier molecular flexibility index (Phi) is 11.0. The van der Waals surface area contributed by atoms with Crippen LogP contribution in [0.5, 0.6) is 0 Å². The first-order chi connectivity index (χ1) is 19.3. The van der Waals surface area contributed by atoms with Crippen molar-refractivity contribution in [2.75, 3.05) is 44.5 Å². The van der Waals surface area contributed by atoms with Gasteiger partial charge in [0.1, 0.15) is 0 Å². The van der Waals surface area contributed by atoms with E-state index < -0.39 is 24.2 Å². The topological polar surface area (TPSA) is 188 Å². The standard InChI is InChI=1S/C26H46N8O3S3/c27-16-3-1-2-4-17(16)31-13-32-26(21(24(28)29)25(30)36)33-19-9-14(11-38-19)15-12-39-23-18(35)10-20(40-22(15)23)34-5-7-37-8-6-34/h10,14-17,19,21-24,26,31-33H,1-9,11-13,27-29H2,(H2,30,36)/p+1/t14?,15?,16-,17+,19?,21?,22?,23?,26?/m1/s1. The number of quaternary nitrogens is 1. The molecule has 5 rings (SSSR count). The van der Waals surface area contributed by atoms with E-state index in [9.17, 15) is 9.59 Å². The van der Waals surface area contributed by atoms with Gasteiger partial charge in [-0.2, -0.15) is 0 Å². The van der Waals surface area contributed by atoms with Gasteiger partial charge >= 0.3 is 0 Å². The molecule has 3 saturated heterocycles. The summed E-state index contributed by atoms with van der Waals surface area (Å²) in [4.78, 5) is 27.8. The van der Waals surface area contributed by atoms with E-state index in [2.05, 4.69) is 26.6 Å². The summed E-state index contributed by atoms with van der Waals surface area (Å²) in [6, 6.07) is 0.735. The van der Waals surface area contributed by atoms with E-state index in [1.54, 1.807) is 0 Å². The Balaban J connectivity index is 1.19. The quantitative estimate of drug-likeness (QED) is 0.135. The zero-order valence-electron chi connectivity index (χ0n) is 23.2. The predicted molar refractivity (Wildman–Crippen MR) is 163 cm³/mol. The molecule has 0 spiro atoms. The summed E-state index contributed by atoms with van der Waals surface area (Å²) in [7, 11) is 0. The number of hydrogen-bond donors (Lipinski definition) is 7. The molecular weight excluding hydrogens is 569 g/mol. The van der Waals surface area contributed by atoms with E-state index in [1.807, 2.05) is 41.4 Å². The minimum atomic E-state index is -0.873. The maximum Gasteiger partial charge on any atom is 0.226 e. The normalized spacial score (nSPS) is 36.4. The zero-order valence-corrected chi connectivity index (χ0v) is 25.6. The van der Waals surface area contributed by atoms with Crippen molar-refractivity contribution < 1.29 is 20.1 Å². The number of carbonyl (C=O) groups excluding carboxylic acids is 2. The minimum absolute atomic E-state index is 0.0449. The monoisotopic (exact) mass is 615 g/mol. The van der Waals surface area contributed by atoms with Crippen molar-refractivity contribution in [2.24, 2.45) is 35.0 Å². The van der Waals surface area contributed by atoms with E-state index in [0.29, 0.717) is 49.1 Å². The number of thioether (sulfide) groups is 3. The smallest absolute Gasteiger partial charge is 0.226 e. The van der Waals surface area contributed by atoms with Crippen LogP contribution in [0.2, 0.25) is 0 Å². The Morgan fingerprint density at radius 1 is 1.18 bits per heavy atom. The summed E-state index contributed by atoms with van der Waals surface area (Å²) in [6.07, 6.45) is 6.19. The summed E-state index contributed by atoms with van der Waals surface area (Å²) >= 11 is 5.60. The lowest BCUT2D eigenvalue weighted by atomic mass is 9.87. The predicted octanol–water partition coefficient (Wildman–Crippen LogP) is -1.39. The number of ketones is 1. The number of nitrogens with one attached hydrogen (secondary N) is 3. The Hall–Kier alpha value is -0.550. The van der Waals surface area contributed by atoms with E-state index in [0.717, 1.165) is 48.9 Å². The van der Waals surface area contributed by atoms with Crippen molar-refractivity contribution in [1.82, 2.24) is 20.9 Å². The van der Waals surface area contributed by atoms with Crippen LogP contribution >= 0.6 is 35.3 Å². The second kappa shape index (κ2) is 14.3. The molecule has 4 heterocycles. The maximum atomic E-state index is 13.1. The molecule has 0 radical (unpaired) electrons. The largest absolute Gasteiger partial charge is 0.378 e. The fourth-order valence-electron chi connectivity index (χ4n) is 6.66. The van der Waals surface area contributed by atoms with Gasteiger partial charge in [-0.1, -0.05) is 6.42 Å². The van der Waals surface area contributed by atoms with Gasteiger partial charge in [-0.05, 0) is 42.6 Å². The molecule has 1 saturated carbocycles. The molecule has 226 valence electrons. The molecule has 11 nitrogen and oxygen atoms in total. The molecule has 4 aliphatic heterocycles. The number of fused-ring (bicyclic) bond motifs is 1. The summed E-state index contributed by atoms with van der Waals surface area (Å²) in [5.74, 6) is 1.98. The van der Waals surface area contributed by atoms with Crippen LogP contribution in [0.15, 0.2) is 11.1 Å². The minimum Gasteiger partial charge on any atom is -0.378 e. The Bertz CT molecular complexity index is 924. The number of amides is 1. The van der Waals surface area contributed by atoms with Gasteiger partial charge in [0.25, 0.3) is 0 Å². The number of nitrogens with zero attached hydrogens (tertiary/aromatic N) is 1. The molecule has 4 fully saturated rings. The third-order valence-corrected chi connectivity index (χ3v) is 13.5. The molecule has 9 atom stereocenters. The first-order valence-electron chi connectivity index (χ1n) is 14.7. The van der Waals surface area contributed by atoms with Crippen LogP contribution in [0.3, 0.4) is 0 Å². The lowest BCUT2D eigenvalue weighted by molar-refractivity contribution is -0.431. The van der Waals surface area contributed by atoms with E-state index >= 15 is 0 Å². The number of carbonyl (C=O) groups is 2. The molecule has 0 aromatic heterocycles. The highest BCUT2D eigenvalue weighted by Crippen LogP contribution is 2.52. The van der Waals surface area contributed by atoms with Crippen molar-refractivity contribution in [3.63, 3.8) is 0 Å². The Morgan fingerprint density at radius 2 is 1.95 bits per heavy atom. The van der Waals surface area contributed by atoms with Crippen LogP contribution < -0.4 is 38.9 Å². The third-order valence-electron chi connectivity index (χ3n) is 9.01. The number of hydrogen-bond acceptors (Lipinski definition) is 12. The SMILES string of the molecule is NC(=O)C(C(N)N)C(NCN[C@H]1CCCC[C@H]1[NH3+])NC1CC(C2CSC3C(=O)C=C(N4CCOCC4)SC32)CS1. The van der Waals surface area contributed by atoms with Crippen molar-refractivity contribution in [1.29, 1.82) is 0 Å². The Labute approximate surface area is 250 Å². The van der Waals surface area contributed by atoms with Crippen LogP contribution in [0.25, 0.3) is 0 Å². The summed E-state index contributed by atoms with van der Waals surface area (Å²) in [6.45, 7) is 3.63. The number of rotatable bonds is 11. The number of allylic oxidation sites excluding steroid dienone is 1.